The summed E-state index contributed by atoms with van der Waals surface area (Å²) in [5, 5.41) is 7.06. The summed E-state index contributed by atoms with van der Waals surface area (Å²) in [4.78, 5) is 19.3. The van der Waals surface area contributed by atoms with Crippen LogP contribution in [0.3, 0.4) is 0 Å². The Morgan fingerprint density at radius 3 is 2.91 bits per heavy atom. The first kappa shape index (κ1) is 15.2. The molecule has 0 radical (unpaired) electrons. The minimum absolute atomic E-state index is 0.0625. The van der Waals surface area contributed by atoms with Crippen molar-refractivity contribution in [1.82, 2.24) is 15.0 Å². The van der Waals surface area contributed by atoms with Crippen LogP contribution in [0.5, 0.6) is 0 Å². The van der Waals surface area contributed by atoms with Gasteiger partial charge in [0, 0.05) is 23.7 Å². The molecule has 3 rings (SSSR count). The fourth-order valence-corrected chi connectivity index (χ4v) is 3.70. The van der Waals surface area contributed by atoms with E-state index in [1.165, 1.54) is 0 Å². The van der Waals surface area contributed by atoms with E-state index in [-0.39, 0.29) is 17.9 Å². The van der Waals surface area contributed by atoms with Crippen LogP contribution in [0.2, 0.25) is 0 Å². The highest BCUT2D eigenvalue weighted by atomic mass is 32.1. The lowest BCUT2D eigenvalue weighted by molar-refractivity contribution is 0.0568. The van der Waals surface area contributed by atoms with Gasteiger partial charge in [-0.05, 0) is 32.1 Å². The summed E-state index contributed by atoms with van der Waals surface area (Å²) in [7, 11) is 0. The van der Waals surface area contributed by atoms with E-state index < -0.39 is 0 Å². The second-order valence-corrected chi connectivity index (χ2v) is 7.00. The van der Waals surface area contributed by atoms with Crippen molar-refractivity contribution in [3.8, 4) is 0 Å². The monoisotopic (exact) mass is 319 g/mol. The normalized spacial score (nSPS) is 18.9. The average Bonchev–Trinajstić information content (AvgIpc) is 3.15. The number of amides is 1. The average molecular weight is 319 g/mol. The van der Waals surface area contributed by atoms with Gasteiger partial charge in [0.15, 0.2) is 0 Å². The molecule has 1 atom stereocenters. The molecule has 118 valence electrons. The molecule has 5 nitrogen and oxygen atoms in total. The maximum Gasteiger partial charge on any atom is 0.293 e. The molecule has 0 saturated carbocycles. The molecule has 1 aliphatic rings. The summed E-state index contributed by atoms with van der Waals surface area (Å²) in [6.45, 7) is 6.81. The maximum atomic E-state index is 12.8. The van der Waals surface area contributed by atoms with Crippen molar-refractivity contribution >= 4 is 17.2 Å². The summed E-state index contributed by atoms with van der Waals surface area (Å²) in [5.41, 5.74) is 1.83. The van der Waals surface area contributed by atoms with Gasteiger partial charge in [0.1, 0.15) is 5.01 Å². The lowest BCUT2D eigenvalue weighted by atomic mass is 10.0. The van der Waals surface area contributed by atoms with Crippen molar-refractivity contribution in [2.24, 2.45) is 0 Å². The zero-order chi connectivity index (χ0) is 15.7. The second-order valence-electron chi connectivity index (χ2n) is 6.11. The number of hydrogen-bond donors (Lipinski definition) is 0. The van der Waals surface area contributed by atoms with Crippen molar-refractivity contribution in [2.45, 2.75) is 52.0 Å². The highest BCUT2D eigenvalue weighted by Crippen LogP contribution is 2.34. The number of thiazole rings is 1. The van der Waals surface area contributed by atoms with Crippen LogP contribution in [0.25, 0.3) is 0 Å². The van der Waals surface area contributed by atoms with E-state index in [2.05, 4.69) is 10.1 Å². The second kappa shape index (κ2) is 6.20. The van der Waals surface area contributed by atoms with Gasteiger partial charge in [-0.3, -0.25) is 4.79 Å². The van der Waals surface area contributed by atoms with Crippen LogP contribution >= 0.6 is 11.3 Å². The number of hydrogen-bond acceptors (Lipinski definition) is 5. The molecule has 1 saturated heterocycles. The third-order valence-electron chi connectivity index (χ3n) is 4.02. The van der Waals surface area contributed by atoms with Crippen molar-refractivity contribution in [3.05, 3.63) is 33.6 Å². The van der Waals surface area contributed by atoms with Crippen LogP contribution in [0.1, 0.15) is 72.0 Å². The molecule has 0 bridgehead atoms. The van der Waals surface area contributed by atoms with E-state index in [9.17, 15) is 4.79 Å². The molecule has 2 aromatic heterocycles. The Morgan fingerprint density at radius 1 is 1.45 bits per heavy atom. The fraction of sp³-hybridized carbons (Fsp3) is 0.562. The first-order chi connectivity index (χ1) is 10.6. The van der Waals surface area contributed by atoms with Gasteiger partial charge < -0.3 is 9.42 Å². The Labute approximate surface area is 134 Å². The first-order valence-corrected chi connectivity index (χ1v) is 8.64. The number of aromatic nitrogens is 2. The van der Waals surface area contributed by atoms with E-state index in [0.29, 0.717) is 5.76 Å². The first-order valence-electron chi connectivity index (χ1n) is 7.76. The number of nitrogens with zero attached hydrogens (tertiary/aromatic N) is 3. The topological polar surface area (TPSA) is 59.2 Å². The molecule has 22 heavy (non-hydrogen) atoms. The van der Waals surface area contributed by atoms with Gasteiger partial charge in [-0.1, -0.05) is 19.0 Å². The molecular weight excluding hydrogens is 298 g/mol. The third kappa shape index (κ3) is 2.92. The SMILES string of the molecule is Cc1csc([C@H]2CCCCN2C(=O)c2cc(C(C)C)no2)n1. The van der Waals surface area contributed by atoms with Gasteiger partial charge in [0.2, 0.25) is 5.76 Å². The van der Waals surface area contributed by atoms with Crippen molar-refractivity contribution < 1.29 is 9.32 Å². The van der Waals surface area contributed by atoms with Crippen molar-refractivity contribution in [3.63, 3.8) is 0 Å². The Balaban J connectivity index is 1.84. The van der Waals surface area contributed by atoms with Crippen molar-refractivity contribution in [1.29, 1.82) is 0 Å². The van der Waals surface area contributed by atoms with Crippen LogP contribution < -0.4 is 0 Å². The summed E-state index contributed by atoms with van der Waals surface area (Å²) < 4.78 is 5.27. The lowest BCUT2D eigenvalue weighted by Gasteiger charge is -2.33. The van der Waals surface area contributed by atoms with E-state index >= 15 is 0 Å². The summed E-state index contributed by atoms with van der Waals surface area (Å²) in [6, 6.07) is 1.83. The minimum atomic E-state index is -0.0723. The molecule has 2 aromatic rings. The zero-order valence-corrected chi connectivity index (χ0v) is 14.0. The van der Waals surface area contributed by atoms with Crippen LogP contribution in [-0.2, 0) is 0 Å². The summed E-state index contributed by atoms with van der Waals surface area (Å²) in [5.74, 6) is 0.518. The Bertz CT molecular complexity index is 662. The van der Waals surface area contributed by atoms with Gasteiger partial charge >= 0.3 is 0 Å². The molecule has 6 heteroatoms. The minimum Gasteiger partial charge on any atom is -0.351 e. The van der Waals surface area contributed by atoms with Crippen LogP contribution in [0.15, 0.2) is 16.0 Å². The third-order valence-corrected chi connectivity index (χ3v) is 5.08. The number of rotatable bonds is 3. The molecule has 1 fully saturated rings. The highest BCUT2D eigenvalue weighted by Gasteiger charge is 2.32. The number of piperidine rings is 1. The predicted molar refractivity (Wildman–Crippen MR) is 85.1 cm³/mol. The Morgan fingerprint density at radius 2 is 2.27 bits per heavy atom. The number of aryl methyl sites for hydroxylation is 1. The van der Waals surface area contributed by atoms with E-state index in [0.717, 1.165) is 42.2 Å². The molecule has 1 amide bonds. The van der Waals surface area contributed by atoms with E-state index in [4.69, 9.17) is 4.52 Å². The Hall–Kier alpha value is -1.69. The number of likely N-dealkylation sites (tertiary alicyclic amines) is 1. The quantitative estimate of drug-likeness (QED) is 0.860. The standard InChI is InChI=1S/C16H21N3O2S/c1-10(2)12-8-14(21-18-12)16(20)19-7-5-4-6-13(19)15-17-11(3)9-22-15/h8-10,13H,4-7H2,1-3H3/t13-/m1/s1. The largest absolute Gasteiger partial charge is 0.351 e. The smallest absolute Gasteiger partial charge is 0.293 e. The van der Waals surface area contributed by atoms with Gasteiger partial charge in [-0.2, -0.15) is 0 Å². The summed E-state index contributed by atoms with van der Waals surface area (Å²) >= 11 is 1.63. The van der Waals surface area contributed by atoms with Crippen LogP contribution in [0, 0.1) is 6.92 Å². The molecule has 3 heterocycles. The van der Waals surface area contributed by atoms with Gasteiger partial charge in [0.25, 0.3) is 5.91 Å². The molecular formula is C16H21N3O2S. The van der Waals surface area contributed by atoms with E-state index in [1.54, 1.807) is 17.4 Å². The van der Waals surface area contributed by atoms with Crippen LogP contribution in [0.4, 0.5) is 0 Å². The number of carbonyl (C=O) groups is 1. The van der Waals surface area contributed by atoms with Gasteiger partial charge in [0.05, 0.1) is 11.7 Å². The molecule has 0 unspecified atom stereocenters. The summed E-state index contributed by atoms with van der Waals surface area (Å²) in [6.07, 6.45) is 3.11. The lowest BCUT2D eigenvalue weighted by Crippen LogP contribution is -2.38. The van der Waals surface area contributed by atoms with Crippen LogP contribution in [-0.4, -0.2) is 27.5 Å². The molecule has 0 N–H and O–H groups in total. The van der Waals surface area contributed by atoms with E-state index in [1.807, 2.05) is 31.1 Å². The molecule has 0 aliphatic carbocycles. The molecule has 0 aromatic carbocycles. The predicted octanol–water partition coefficient (Wildman–Crippen LogP) is 3.93. The van der Waals surface area contributed by atoms with Crippen molar-refractivity contribution in [2.75, 3.05) is 6.54 Å². The number of carbonyl (C=O) groups excluding carboxylic acids is 1. The Kier molecular flexibility index (Phi) is 4.29. The zero-order valence-electron chi connectivity index (χ0n) is 13.2. The maximum absolute atomic E-state index is 12.8. The highest BCUT2D eigenvalue weighted by molar-refractivity contribution is 7.09. The van der Waals surface area contributed by atoms with Gasteiger partial charge in [-0.25, -0.2) is 4.98 Å². The van der Waals surface area contributed by atoms with Gasteiger partial charge in [-0.15, -0.1) is 11.3 Å². The fourth-order valence-electron chi connectivity index (χ4n) is 2.76. The molecule has 1 aliphatic heterocycles. The molecule has 0 spiro atoms.